The summed E-state index contributed by atoms with van der Waals surface area (Å²) in [6.07, 6.45) is 3.59. The SMILES string of the molecule is COc1cc(/C=C/c2nc(C)nc(C(Cl)(Cl)Cl)n2)ccc1C. The first-order valence-electron chi connectivity index (χ1n) is 6.42. The van der Waals surface area contributed by atoms with Crippen molar-refractivity contribution in [3.63, 3.8) is 0 Å². The smallest absolute Gasteiger partial charge is 0.250 e. The van der Waals surface area contributed by atoms with Crippen molar-refractivity contribution < 1.29 is 4.74 Å². The van der Waals surface area contributed by atoms with Gasteiger partial charge in [-0.05, 0) is 37.1 Å². The van der Waals surface area contributed by atoms with Gasteiger partial charge in [0.1, 0.15) is 11.6 Å². The molecule has 2 rings (SSSR count). The number of aromatic nitrogens is 3. The Morgan fingerprint density at radius 2 is 1.77 bits per heavy atom. The van der Waals surface area contributed by atoms with Crippen LogP contribution in [-0.2, 0) is 3.79 Å². The molecule has 1 aromatic heterocycles. The zero-order valence-electron chi connectivity index (χ0n) is 12.3. The predicted molar refractivity (Wildman–Crippen MR) is 90.5 cm³/mol. The molecule has 2 aromatic rings. The van der Waals surface area contributed by atoms with Crippen molar-refractivity contribution in [1.82, 2.24) is 15.0 Å². The van der Waals surface area contributed by atoms with Crippen LogP contribution in [0.25, 0.3) is 12.2 Å². The maximum atomic E-state index is 5.81. The van der Waals surface area contributed by atoms with Crippen LogP contribution in [0.1, 0.15) is 28.6 Å². The molecule has 0 spiro atoms. The van der Waals surface area contributed by atoms with Crippen LogP contribution in [0.5, 0.6) is 5.75 Å². The first kappa shape index (κ1) is 17.0. The van der Waals surface area contributed by atoms with Crippen molar-refractivity contribution in [2.24, 2.45) is 0 Å². The molecule has 0 aliphatic rings. The van der Waals surface area contributed by atoms with Crippen molar-refractivity contribution >= 4 is 47.0 Å². The Hall–Kier alpha value is -1.36. The third kappa shape index (κ3) is 4.32. The number of methoxy groups -OCH3 is 1. The van der Waals surface area contributed by atoms with Gasteiger partial charge in [-0.25, -0.2) is 15.0 Å². The highest BCUT2D eigenvalue weighted by Gasteiger charge is 2.27. The van der Waals surface area contributed by atoms with E-state index in [0.29, 0.717) is 11.6 Å². The molecule has 22 heavy (non-hydrogen) atoms. The Bertz CT molecular complexity index is 712. The molecule has 0 radical (unpaired) electrons. The molecule has 0 fully saturated rings. The fourth-order valence-electron chi connectivity index (χ4n) is 1.81. The van der Waals surface area contributed by atoms with E-state index in [4.69, 9.17) is 39.5 Å². The number of hydrogen-bond acceptors (Lipinski definition) is 4. The second-order valence-electron chi connectivity index (χ2n) is 4.62. The molecular weight excluding hydrogens is 345 g/mol. The molecule has 0 aliphatic heterocycles. The van der Waals surface area contributed by atoms with E-state index in [-0.39, 0.29) is 5.82 Å². The maximum absolute atomic E-state index is 5.81. The second kappa shape index (κ2) is 6.82. The zero-order valence-corrected chi connectivity index (χ0v) is 14.5. The van der Waals surface area contributed by atoms with Gasteiger partial charge in [0.05, 0.1) is 7.11 Å². The summed E-state index contributed by atoms with van der Waals surface area (Å²) in [5.41, 5.74) is 2.02. The fraction of sp³-hybridized carbons (Fsp3) is 0.267. The van der Waals surface area contributed by atoms with Crippen LogP contribution in [0, 0.1) is 13.8 Å². The molecule has 1 aromatic carbocycles. The van der Waals surface area contributed by atoms with Crippen LogP contribution < -0.4 is 4.74 Å². The molecule has 0 aliphatic carbocycles. The third-order valence-electron chi connectivity index (χ3n) is 2.88. The number of halogens is 3. The van der Waals surface area contributed by atoms with E-state index in [9.17, 15) is 0 Å². The summed E-state index contributed by atoms with van der Waals surface area (Å²) in [6.45, 7) is 3.70. The van der Waals surface area contributed by atoms with Crippen molar-refractivity contribution in [1.29, 1.82) is 0 Å². The molecule has 0 unspecified atom stereocenters. The van der Waals surface area contributed by atoms with Gasteiger partial charge in [0.15, 0.2) is 11.6 Å². The van der Waals surface area contributed by atoms with Crippen molar-refractivity contribution in [2.75, 3.05) is 7.11 Å². The van der Waals surface area contributed by atoms with Gasteiger partial charge in [-0.3, -0.25) is 0 Å². The Labute approximate surface area is 144 Å². The Morgan fingerprint density at radius 1 is 1.05 bits per heavy atom. The quantitative estimate of drug-likeness (QED) is 0.758. The summed E-state index contributed by atoms with van der Waals surface area (Å²) in [4.78, 5) is 12.4. The van der Waals surface area contributed by atoms with Gasteiger partial charge in [-0.1, -0.05) is 53.0 Å². The molecule has 116 valence electrons. The van der Waals surface area contributed by atoms with E-state index in [1.165, 1.54) is 0 Å². The summed E-state index contributed by atoms with van der Waals surface area (Å²) in [5.74, 6) is 1.83. The van der Waals surface area contributed by atoms with Crippen LogP contribution >= 0.6 is 34.8 Å². The predicted octanol–water partition coefficient (Wildman–Crippen LogP) is 4.49. The van der Waals surface area contributed by atoms with Crippen LogP contribution in [0.2, 0.25) is 0 Å². The van der Waals surface area contributed by atoms with Gasteiger partial charge in [0.25, 0.3) is 0 Å². The largest absolute Gasteiger partial charge is 0.496 e. The van der Waals surface area contributed by atoms with Gasteiger partial charge >= 0.3 is 0 Å². The number of rotatable bonds is 3. The van der Waals surface area contributed by atoms with Gasteiger partial charge in [0.2, 0.25) is 3.79 Å². The normalized spacial score (nSPS) is 11.9. The van der Waals surface area contributed by atoms with Crippen molar-refractivity contribution in [2.45, 2.75) is 17.6 Å². The minimum absolute atomic E-state index is 0.103. The monoisotopic (exact) mass is 357 g/mol. The van der Waals surface area contributed by atoms with Crippen LogP contribution in [0.15, 0.2) is 18.2 Å². The number of hydrogen-bond donors (Lipinski definition) is 0. The number of benzene rings is 1. The average Bonchev–Trinajstić information content (AvgIpc) is 2.45. The summed E-state index contributed by atoms with van der Waals surface area (Å²) in [5, 5.41) is 0. The molecular formula is C15H14Cl3N3O. The molecule has 7 heteroatoms. The first-order chi connectivity index (χ1) is 10.3. The van der Waals surface area contributed by atoms with E-state index in [1.807, 2.05) is 31.2 Å². The number of alkyl halides is 3. The van der Waals surface area contributed by atoms with Gasteiger partial charge < -0.3 is 4.74 Å². The minimum Gasteiger partial charge on any atom is -0.496 e. The van der Waals surface area contributed by atoms with E-state index in [2.05, 4.69) is 15.0 Å². The highest BCUT2D eigenvalue weighted by molar-refractivity contribution is 6.66. The Balaban J connectivity index is 2.32. The molecule has 1 heterocycles. The average molecular weight is 359 g/mol. The summed E-state index contributed by atoms with van der Waals surface area (Å²) in [6, 6.07) is 5.87. The lowest BCUT2D eigenvalue weighted by atomic mass is 10.1. The Kier molecular flexibility index (Phi) is 5.27. The third-order valence-corrected chi connectivity index (χ3v) is 3.38. The van der Waals surface area contributed by atoms with Gasteiger partial charge in [-0.2, -0.15) is 0 Å². The van der Waals surface area contributed by atoms with Crippen molar-refractivity contribution in [3.05, 3.63) is 46.8 Å². The first-order valence-corrected chi connectivity index (χ1v) is 7.55. The van der Waals surface area contributed by atoms with E-state index >= 15 is 0 Å². The van der Waals surface area contributed by atoms with Crippen LogP contribution in [-0.4, -0.2) is 22.1 Å². The summed E-state index contributed by atoms with van der Waals surface area (Å²) >= 11 is 17.4. The van der Waals surface area contributed by atoms with E-state index in [0.717, 1.165) is 16.9 Å². The number of aryl methyl sites for hydroxylation is 2. The Morgan fingerprint density at radius 3 is 2.41 bits per heavy atom. The minimum atomic E-state index is -1.68. The standard InChI is InChI=1S/C15H14Cl3N3O/c1-9-4-5-11(8-12(9)22-3)6-7-13-19-10(2)20-14(21-13)15(16,17)18/h4-8H,1-3H3/b7-6+. The maximum Gasteiger partial charge on any atom is 0.250 e. The van der Waals surface area contributed by atoms with Gasteiger partial charge in [-0.15, -0.1) is 0 Å². The molecule has 0 saturated heterocycles. The molecule has 0 bridgehead atoms. The molecule has 0 amide bonds. The summed E-state index contributed by atoms with van der Waals surface area (Å²) in [7, 11) is 1.64. The molecule has 0 N–H and O–H groups in total. The van der Waals surface area contributed by atoms with E-state index in [1.54, 1.807) is 20.1 Å². The van der Waals surface area contributed by atoms with Gasteiger partial charge in [0, 0.05) is 0 Å². The number of nitrogens with zero attached hydrogens (tertiary/aromatic N) is 3. The number of ether oxygens (including phenoxy) is 1. The highest BCUT2D eigenvalue weighted by Crippen LogP contribution is 2.35. The van der Waals surface area contributed by atoms with Crippen LogP contribution in [0.3, 0.4) is 0 Å². The zero-order chi connectivity index (χ0) is 16.3. The highest BCUT2D eigenvalue weighted by atomic mass is 35.6. The van der Waals surface area contributed by atoms with Crippen molar-refractivity contribution in [3.8, 4) is 5.75 Å². The molecule has 4 nitrogen and oxygen atoms in total. The fourth-order valence-corrected chi connectivity index (χ4v) is 2.07. The lowest BCUT2D eigenvalue weighted by Gasteiger charge is -2.09. The lowest BCUT2D eigenvalue weighted by molar-refractivity contribution is 0.411. The lowest BCUT2D eigenvalue weighted by Crippen LogP contribution is -2.11. The van der Waals surface area contributed by atoms with Crippen LogP contribution in [0.4, 0.5) is 0 Å². The van der Waals surface area contributed by atoms with E-state index < -0.39 is 3.79 Å². The molecule has 0 atom stereocenters. The second-order valence-corrected chi connectivity index (χ2v) is 6.91. The molecule has 0 saturated carbocycles. The summed E-state index contributed by atoms with van der Waals surface area (Å²) < 4.78 is 3.62. The topological polar surface area (TPSA) is 47.9 Å².